The molecular formula is C18H23N5O2. The minimum absolute atomic E-state index is 0.0462. The summed E-state index contributed by atoms with van der Waals surface area (Å²) in [5.41, 5.74) is 3.24. The Hall–Kier alpha value is -2.67. The average molecular weight is 341 g/mol. The summed E-state index contributed by atoms with van der Waals surface area (Å²) in [6.45, 7) is 4.10. The number of rotatable bonds is 5. The molecule has 1 aromatic heterocycles. The number of aliphatic imine (C=N–C) groups is 1. The number of nitrogens with one attached hydrogen (secondary N) is 2. The number of amides is 1. The second kappa shape index (κ2) is 7.06. The van der Waals surface area contributed by atoms with Gasteiger partial charge in [-0.25, -0.2) is 9.98 Å². The molecule has 1 saturated heterocycles. The van der Waals surface area contributed by atoms with Gasteiger partial charge in [0, 0.05) is 7.05 Å². The van der Waals surface area contributed by atoms with Crippen LogP contribution in [0.1, 0.15) is 25.8 Å². The Labute approximate surface area is 146 Å². The van der Waals surface area contributed by atoms with E-state index in [0.29, 0.717) is 17.6 Å². The van der Waals surface area contributed by atoms with E-state index in [-0.39, 0.29) is 18.6 Å². The molecule has 1 aliphatic heterocycles. The van der Waals surface area contributed by atoms with Gasteiger partial charge < -0.3 is 15.0 Å². The lowest BCUT2D eigenvalue weighted by Crippen LogP contribution is -2.28. The Morgan fingerprint density at radius 1 is 1.36 bits per heavy atom. The van der Waals surface area contributed by atoms with Crippen molar-refractivity contribution in [2.45, 2.75) is 26.3 Å². The van der Waals surface area contributed by atoms with Gasteiger partial charge in [-0.15, -0.1) is 0 Å². The molecule has 7 nitrogen and oxygen atoms in total. The summed E-state index contributed by atoms with van der Waals surface area (Å²) in [5, 5.41) is 15.1. The van der Waals surface area contributed by atoms with E-state index in [9.17, 15) is 9.90 Å². The van der Waals surface area contributed by atoms with Gasteiger partial charge in [-0.3, -0.25) is 10.1 Å². The number of aromatic nitrogens is 2. The summed E-state index contributed by atoms with van der Waals surface area (Å²) >= 11 is 0. The van der Waals surface area contributed by atoms with Crippen molar-refractivity contribution in [3.8, 4) is 0 Å². The number of carbonyl (C=O) groups excluding carboxylic acids is 1. The molecule has 0 spiro atoms. The quantitative estimate of drug-likeness (QED) is 0.717. The first-order valence-corrected chi connectivity index (χ1v) is 8.36. The molecule has 1 fully saturated rings. The Kier molecular flexibility index (Phi) is 4.85. The normalized spacial score (nSPS) is 19.0. The van der Waals surface area contributed by atoms with Crippen LogP contribution in [0.25, 0.3) is 17.1 Å². The predicted octanol–water partition coefficient (Wildman–Crippen LogP) is 1.40. The number of aliphatic hydroxyl groups is 1. The first kappa shape index (κ1) is 17.2. The van der Waals surface area contributed by atoms with Crippen LogP contribution in [0.3, 0.4) is 0 Å². The number of nitrogens with zero attached hydrogens (tertiary/aromatic N) is 3. The maximum atomic E-state index is 12.2. The third kappa shape index (κ3) is 3.88. The third-order valence-corrected chi connectivity index (χ3v) is 4.06. The number of aliphatic hydroxyl groups excluding tert-OH is 1. The number of hydrogen-bond acceptors (Lipinski definition) is 4. The van der Waals surface area contributed by atoms with Gasteiger partial charge in [-0.1, -0.05) is 19.9 Å². The number of aryl methyl sites for hydroxylation is 1. The van der Waals surface area contributed by atoms with Crippen molar-refractivity contribution in [3.63, 3.8) is 0 Å². The molecule has 1 amide bonds. The Morgan fingerprint density at radius 3 is 2.88 bits per heavy atom. The molecule has 0 saturated carbocycles. The lowest BCUT2D eigenvalue weighted by Gasteiger charge is -2.12. The minimum atomic E-state index is -0.231. The highest BCUT2D eigenvalue weighted by atomic mass is 16.3. The molecular weight excluding hydrogens is 318 g/mol. The topological polar surface area (TPSA) is 91.5 Å². The zero-order valence-electron chi connectivity index (χ0n) is 14.7. The summed E-state index contributed by atoms with van der Waals surface area (Å²) in [5.74, 6) is 0.571. The van der Waals surface area contributed by atoms with E-state index in [1.165, 1.54) is 0 Å². The van der Waals surface area contributed by atoms with E-state index < -0.39 is 0 Å². The van der Waals surface area contributed by atoms with E-state index in [1.54, 1.807) is 12.4 Å². The molecule has 2 aromatic rings. The number of benzene rings is 1. The van der Waals surface area contributed by atoms with E-state index in [4.69, 9.17) is 0 Å². The number of fused-ring (bicyclic) bond motifs is 1. The monoisotopic (exact) mass is 341 g/mol. The van der Waals surface area contributed by atoms with Crippen LogP contribution in [0.5, 0.6) is 0 Å². The van der Waals surface area contributed by atoms with Crippen LogP contribution < -0.4 is 10.6 Å². The van der Waals surface area contributed by atoms with Gasteiger partial charge >= 0.3 is 0 Å². The van der Waals surface area contributed by atoms with Crippen molar-refractivity contribution in [2.75, 3.05) is 6.61 Å². The second-order valence-electron chi connectivity index (χ2n) is 6.68. The fraction of sp³-hybridized carbons (Fsp3) is 0.389. The van der Waals surface area contributed by atoms with E-state index >= 15 is 0 Å². The SMILES string of the molecule is CC(C)CC(CO)N=C1NC(=O)/C(=C/c2ccc3ncn(C)c3c2)N1. The summed E-state index contributed by atoms with van der Waals surface area (Å²) in [7, 11) is 1.93. The maximum absolute atomic E-state index is 12.2. The van der Waals surface area contributed by atoms with Crippen LogP contribution in [0.15, 0.2) is 35.2 Å². The number of hydrogen-bond donors (Lipinski definition) is 3. The summed E-state index contributed by atoms with van der Waals surface area (Å²) in [6, 6.07) is 5.60. The second-order valence-corrected chi connectivity index (χ2v) is 6.68. The molecule has 1 atom stereocenters. The molecule has 3 rings (SSSR count). The van der Waals surface area contributed by atoms with Crippen LogP contribution >= 0.6 is 0 Å². The fourth-order valence-electron chi connectivity index (χ4n) is 2.85. The number of guanidine groups is 1. The van der Waals surface area contributed by atoms with E-state index in [0.717, 1.165) is 23.0 Å². The Balaban J connectivity index is 1.81. The third-order valence-electron chi connectivity index (χ3n) is 4.06. The first-order chi connectivity index (χ1) is 12.0. The van der Waals surface area contributed by atoms with Crippen LogP contribution in [-0.4, -0.2) is 39.2 Å². The van der Waals surface area contributed by atoms with Crippen molar-refractivity contribution in [3.05, 3.63) is 35.8 Å². The zero-order valence-corrected chi connectivity index (χ0v) is 14.7. The molecule has 0 bridgehead atoms. The Morgan fingerprint density at radius 2 is 2.16 bits per heavy atom. The highest BCUT2D eigenvalue weighted by Gasteiger charge is 2.23. The molecule has 1 aliphatic rings. The van der Waals surface area contributed by atoms with Gasteiger partial charge in [0.05, 0.1) is 30.0 Å². The van der Waals surface area contributed by atoms with Crippen LogP contribution in [0, 0.1) is 5.92 Å². The van der Waals surface area contributed by atoms with Gasteiger partial charge in [0.15, 0.2) is 0 Å². The highest BCUT2D eigenvalue weighted by molar-refractivity contribution is 6.15. The fourth-order valence-corrected chi connectivity index (χ4v) is 2.85. The molecule has 2 heterocycles. The zero-order chi connectivity index (χ0) is 18.0. The molecule has 7 heteroatoms. The van der Waals surface area contributed by atoms with Crippen LogP contribution in [0.4, 0.5) is 0 Å². The smallest absolute Gasteiger partial charge is 0.274 e. The standard InChI is InChI=1S/C18H23N5O2/c1-11(2)6-13(9-24)20-18-21-15(17(25)22-18)7-12-4-5-14-16(8-12)23(3)10-19-14/h4-5,7-8,10-11,13,24H,6,9H2,1-3H3,(H2,20,21,22,25)/b15-7-. The molecule has 1 unspecified atom stereocenters. The maximum Gasteiger partial charge on any atom is 0.274 e. The first-order valence-electron chi connectivity index (χ1n) is 8.36. The molecule has 3 N–H and O–H groups in total. The van der Waals surface area contributed by atoms with Crippen molar-refractivity contribution in [1.29, 1.82) is 0 Å². The molecule has 0 radical (unpaired) electrons. The van der Waals surface area contributed by atoms with Gasteiger partial charge in [0.1, 0.15) is 5.70 Å². The summed E-state index contributed by atoms with van der Waals surface area (Å²) < 4.78 is 1.93. The minimum Gasteiger partial charge on any atom is -0.394 e. The number of imidazole rings is 1. The van der Waals surface area contributed by atoms with Gasteiger partial charge in [0.2, 0.25) is 5.96 Å². The van der Waals surface area contributed by atoms with Crippen molar-refractivity contribution in [1.82, 2.24) is 20.2 Å². The highest BCUT2D eigenvalue weighted by Crippen LogP contribution is 2.17. The van der Waals surface area contributed by atoms with E-state index in [2.05, 4.69) is 34.5 Å². The average Bonchev–Trinajstić information content (AvgIpc) is 3.10. The largest absolute Gasteiger partial charge is 0.394 e. The lowest BCUT2D eigenvalue weighted by molar-refractivity contribution is -0.115. The summed E-state index contributed by atoms with van der Waals surface area (Å²) in [4.78, 5) is 20.8. The van der Waals surface area contributed by atoms with Crippen LogP contribution in [0.2, 0.25) is 0 Å². The van der Waals surface area contributed by atoms with Crippen molar-refractivity contribution in [2.24, 2.45) is 18.0 Å². The predicted molar refractivity (Wildman–Crippen MR) is 97.7 cm³/mol. The molecule has 132 valence electrons. The molecule has 1 aromatic carbocycles. The van der Waals surface area contributed by atoms with Crippen LogP contribution in [-0.2, 0) is 11.8 Å². The Bertz CT molecular complexity index is 850. The van der Waals surface area contributed by atoms with Gasteiger partial charge in [0.25, 0.3) is 5.91 Å². The molecule has 25 heavy (non-hydrogen) atoms. The van der Waals surface area contributed by atoms with Gasteiger partial charge in [-0.05, 0) is 36.1 Å². The molecule has 0 aliphatic carbocycles. The van der Waals surface area contributed by atoms with Crippen molar-refractivity contribution >= 4 is 29.0 Å². The van der Waals surface area contributed by atoms with E-state index in [1.807, 2.05) is 29.8 Å². The summed E-state index contributed by atoms with van der Waals surface area (Å²) in [6.07, 6.45) is 4.30. The van der Waals surface area contributed by atoms with Crippen molar-refractivity contribution < 1.29 is 9.90 Å². The lowest BCUT2D eigenvalue weighted by atomic mass is 10.1. The number of carbonyl (C=O) groups is 1. The van der Waals surface area contributed by atoms with Gasteiger partial charge in [-0.2, -0.15) is 0 Å².